The first-order valence-electron chi connectivity index (χ1n) is 10.1. The molecule has 0 aromatic heterocycles. The number of carbonyl (C=O) groups excluding carboxylic acids is 2. The molecule has 5 nitrogen and oxygen atoms in total. The first-order chi connectivity index (χ1) is 13.1. The van der Waals surface area contributed by atoms with Crippen LogP contribution in [0.15, 0.2) is 41.5 Å². The lowest BCUT2D eigenvalue weighted by molar-refractivity contribution is -0.141. The van der Waals surface area contributed by atoms with E-state index in [0.717, 1.165) is 42.2 Å². The fourth-order valence-corrected chi connectivity index (χ4v) is 5.66. The number of rotatable bonds is 5. The summed E-state index contributed by atoms with van der Waals surface area (Å²) in [6.07, 6.45) is 8.31. The van der Waals surface area contributed by atoms with Gasteiger partial charge in [-0.15, -0.1) is 0 Å². The van der Waals surface area contributed by atoms with Gasteiger partial charge in [-0.1, -0.05) is 24.3 Å². The van der Waals surface area contributed by atoms with Crippen LogP contribution in [0.2, 0.25) is 0 Å². The van der Waals surface area contributed by atoms with Crippen LogP contribution in [0.5, 0.6) is 0 Å². The molecule has 1 aliphatic heterocycles. The zero-order chi connectivity index (χ0) is 18.8. The van der Waals surface area contributed by atoms with Gasteiger partial charge in [-0.25, -0.2) is 0 Å². The quantitative estimate of drug-likeness (QED) is 0.459. The van der Waals surface area contributed by atoms with Crippen LogP contribution in [0.25, 0.3) is 0 Å². The summed E-state index contributed by atoms with van der Waals surface area (Å²) < 4.78 is 0. The molecule has 0 unspecified atom stereocenters. The second-order valence-electron chi connectivity index (χ2n) is 8.22. The maximum atomic E-state index is 12.9. The molecule has 5 heteroatoms. The van der Waals surface area contributed by atoms with Crippen molar-refractivity contribution in [1.82, 2.24) is 5.01 Å². The highest BCUT2D eigenvalue weighted by Gasteiger charge is 2.73. The molecule has 0 radical (unpaired) electrons. The summed E-state index contributed by atoms with van der Waals surface area (Å²) in [5.74, 6) is -0.0855. The van der Waals surface area contributed by atoms with Crippen LogP contribution in [0, 0.1) is 29.1 Å². The normalized spacial score (nSPS) is 32.1. The van der Waals surface area contributed by atoms with Gasteiger partial charge in [0, 0.05) is 18.8 Å². The Kier molecular flexibility index (Phi) is 3.58. The molecule has 1 heterocycles. The lowest BCUT2D eigenvalue weighted by atomic mass is 9.85. The predicted octanol–water partition coefficient (Wildman–Crippen LogP) is 3.06. The Morgan fingerprint density at radius 2 is 1.59 bits per heavy atom. The highest BCUT2D eigenvalue weighted by Crippen LogP contribution is 2.73. The summed E-state index contributed by atoms with van der Waals surface area (Å²) in [5.41, 5.74) is 2.29. The summed E-state index contributed by atoms with van der Waals surface area (Å²) in [5, 5.41) is 5.42. The van der Waals surface area contributed by atoms with Gasteiger partial charge in [-0.2, -0.15) is 10.1 Å². The van der Waals surface area contributed by atoms with Crippen LogP contribution in [0.4, 0.5) is 5.69 Å². The van der Waals surface area contributed by atoms with E-state index in [9.17, 15) is 9.59 Å². The van der Waals surface area contributed by atoms with Gasteiger partial charge >= 0.3 is 0 Å². The lowest BCUT2D eigenvalue weighted by Gasteiger charge is -2.21. The molecule has 1 saturated heterocycles. The molecule has 2 saturated carbocycles. The molecule has 3 fully saturated rings. The van der Waals surface area contributed by atoms with Crippen molar-refractivity contribution < 1.29 is 9.59 Å². The van der Waals surface area contributed by atoms with Crippen LogP contribution >= 0.6 is 0 Å². The van der Waals surface area contributed by atoms with Crippen LogP contribution in [-0.4, -0.2) is 36.1 Å². The number of benzene rings is 1. The summed E-state index contributed by atoms with van der Waals surface area (Å²) in [4.78, 5) is 28.1. The Hall–Kier alpha value is -2.43. The number of imide groups is 1. The number of hydrogen-bond acceptors (Lipinski definition) is 4. The number of nitrogens with zero attached hydrogens (tertiary/aromatic N) is 3. The van der Waals surface area contributed by atoms with E-state index in [1.165, 1.54) is 0 Å². The van der Waals surface area contributed by atoms with Crippen molar-refractivity contribution in [3.05, 3.63) is 42.0 Å². The number of carbonyl (C=O) groups is 2. The highest BCUT2D eigenvalue weighted by molar-refractivity contribution is 6.07. The van der Waals surface area contributed by atoms with E-state index in [-0.39, 0.29) is 40.9 Å². The van der Waals surface area contributed by atoms with Crippen LogP contribution in [0.1, 0.15) is 32.3 Å². The zero-order valence-electron chi connectivity index (χ0n) is 15.8. The summed E-state index contributed by atoms with van der Waals surface area (Å²) in [6, 6.07) is 8.07. The number of fused-ring (bicyclic) bond motifs is 3. The van der Waals surface area contributed by atoms with Gasteiger partial charge in [-0.3, -0.25) is 9.59 Å². The van der Waals surface area contributed by atoms with Gasteiger partial charge in [0.05, 0.1) is 18.1 Å². The topological polar surface area (TPSA) is 53.0 Å². The maximum absolute atomic E-state index is 12.9. The molecule has 4 atom stereocenters. The molecule has 2 bridgehead atoms. The van der Waals surface area contributed by atoms with Gasteiger partial charge in [0.1, 0.15) is 0 Å². The molecule has 1 aromatic rings. The van der Waals surface area contributed by atoms with Crippen LogP contribution < -0.4 is 4.90 Å². The number of hydrazone groups is 1. The van der Waals surface area contributed by atoms with Crippen molar-refractivity contribution >= 4 is 23.7 Å². The largest absolute Gasteiger partial charge is 0.372 e. The van der Waals surface area contributed by atoms with Crippen molar-refractivity contribution in [2.45, 2.75) is 26.7 Å². The minimum absolute atomic E-state index is 0.107. The van der Waals surface area contributed by atoms with E-state index < -0.39 is 0 Å². The molecule has 2 amide bonds. The van der Waals surface area contributed by atoms with Gasteiger partial charge in [0.25, 0.3) is 11.8 Å². The van der Waals surface area contributed by atoms with Crippen molar-refractivity contribution in [3.8, 4) is 0 Å². The van der Waals surface area contributed by atoms with Crippen LogP contribution in [-0.2, 0) is 9.59 Å². The van der Waals surface area contributed by atoms with E-state index in [1.54, 1.807) is 6.21 Å². The zero-order valence-corrected chi connectivity index (χ0v) is 15.8. The van der Waals surface area contributed by atoms with Crippen LogP contribution in [0.3, 0.4) is 0 Å². The molecule has 0 N–H and O–H groups in total. The number of amides is 2. The minimum atomic E-state index is -0.183. The SMILES string of the molecule is CCN(CC)c1ccc(/C=N\N2C(=O)[C@H]3[C@H](C2=O)[C@H]2C=C[C@H]3C23CC3)cc1. The van der Waals surface area contributed by atoms with E-state index in [4.69, 9.17) is 0 Å². The Balaban J connectivity index is 1.34. The summed E-state index contributed by atoms with van der Waals surface area (Å²) in [7, 11) is 0. The van der Waals surface area contributed by atoms with Crippen molar-refractivity contribution in [2.75, 3.05) is 18.0 Å². The predicted molar refractivity (Wildman–Crippen MR) is 104 cm³/mol. The molecular formula is C22H25N3O2. The van der Waals surface area contributed by atoms with E-state index in [1.807, 2.05) is 12.1 Å². The number of anilines is 1. The number of hydrogen-bond donors (Lipinski definition) is 0. The molecule has 1 spiro atoms. The van der Waals surface area contributed by atoms with Gasteiger partial charge in [-0.05, 0) is 61.6 Å². The minimum Gasteiger partial charge on any atom is -0.372 e. The Bertz CT molecular complexity index is 815. The lowest BCUT2D eigenvalue weighted by Crippen LogP contribution is -2.30. The second kappa shape index (κ2) is 5.78. The van der Waals surface area contributed by atoms with Gasteiger partial charge < -0.3 is 4.90 Å². The standard InChI is InChI=1S/C22H25N3O2/c1-3-24(4-2)15-7-5-14(6-8-15)13-23-25-20(26)18-16-9-10-17(19(18)21(25)27)22(16)11-12-22/h5-10,13,16-19H,3-4,11-12H2,1-2H3/b23-13-/t16-,17-,18-,19-/m1/s1. The third-order valence-corrected chi connectivity index (χ3v) is 7.17. The Labute approximate surface area is 159 Å². The van der Waals surface area contributed by atoms with E-state index in [0.29, 0.717) is 0 Å². The average Bonchev–Trinajstić information content (AvgIpc) is 3.29. The highest BCUT2D eigenvalue weighted by atomic mass is 16.2. The maximum Gasteiger partial charge on any atom is 0.254 e. The monoisotopic (exact) mass is 363 g/mol. The Morgan fingerprint density at radius 1 is 1.04 bits per heavy atom. The van der Waals surface area contributed by atoms with Gasteiger partial charge in [0.15, 0.2) is 0 Å². The molecule has 1 aromatic carbocycles. The first-order valence-corrected chi connectivity index (χ1v) is 10.1. The van der Waals surface area contributed by atoms with Crippen molar-refractivity contribution in [2.24, 2.45) is 34.2 Å². The fraction of sp³-hybridized carbons (Fsp3) is 0.500. The second-order valence-corrected chi connectivity index (χ2v) is 8.22. The summed E-state index contributed by atoms with van der Waals surface area (Å²) in [6.45, 7) is 6.19. The third-order valence-electron chi connectivity index (χ3n) is 7.17. The first kappa shape index (κ1) is 16.7. The smallest absolute Gasteiger partial charge is 0.254 e. The van der Waals surface area contributed by atoms with E-state index in [2.05, 4.69) is 48.1 Å². The number of allylic oxidation sites excluding steroid dienone is 2. The summed E-state index contributed by atoms with van der Waals surface area (Å²) >= 11 is 0. The molecular weight excluding hydrogens is 338 g/mol. The van der Waals surface area contributed by atoms with Crippen molar-refractivity contribution in [1.29, 1.82) is 0 Å². The van der Waals surface area contributed by atoms with E-state index >= 15 is 0 Å². The molecule has 27 heavy (non-hydrogen) atoms. The molecule has 5 rings (SSSR count). The Morgan fingerprint density at radius 3 is 2.07 bits per heavy atom. The molecule has 3 aliphatic carbocycles. The third kappa shape index (κ3) is 2.20. The molecule has 140 valence electrons. The molecule has 4 aliphatic rings. The fourth-order valence-electron chi connectivity index (χ4n) is 5.66. The van der Waals surface area contributed by atoms with Gasteiger partial charge in [0.2, 0.25) is 0 Å². The van der Waals surface area contributed by atoms with Crippen molar-refractivity contribution in [3.63, 3.8) is 0 Å². The average molecular weight is 363 g/mol.